The molecular weight excluding hydrogens is 313 g/mol. The van der Waals surface area contributed by atoms with Gasteiger partial charge in [0.2, 0.25) is 0 Å². The summed E-state index contributed by atoms with van der Waals surface area (Å²) in [6.45, 7) is 0. The third-order valence-corrected chi connectivity index (χ3v) is 2.78. The third kappa shape index (κ3) is 2.17. The van der Waals surface area contributed by atoms with Gasteiger partial charge in [-0.3, -0.25) is 0 Å². The van der Waals surface area contributed by atoms with Crippen molar-refractivity contribution in [1.29, 1.82) is 0 Å². The highest BCUT2D eigenvalue weighted by Gasteiger charge is 2.92. The number of quaternary nitrogens is 1. The first kappa shape index (κ1) is 17.4. The fourth-order valence-electron chi connectivity index (χ4n) is 0.592. The number of alkyl halides is 9. The van der Waals surface area contributed by atoms with E-state index >= 15 is 0 Å². The van der Waals surface area contributed by atoms with Gasteiger partial charge in [0, 0.05) is 0 Å². The van der Waals surface area contributed by atoms with E-state index in [0.717, 1.165) is 0 Å². The first-order valence-corrected chi connectivity index (χ1v) is 4.85. The molecule has 0 saturated carbocycles. The lowest BCUT2D eigenvalue weighted by Gasteiger charge is -2.29. The van der Waals surface area contributed by atoms with Crippen molar-refractivity contribution in [2.75, 3.05) is 0 Å². The van der Waals surface area contributed by atoms with Crippen molar-refractivity contribution in [1.82, 2.24) is 0 Å². The predicted molar refractivity (Wildman–Crippen MR) is 33.6 cm³/mol. The molecule has 4 nitrogen and oxygen atoms in total. The minimum Gasteiger partial charge on any atom is -0.189 e. The molecule has 0 aliphatic carbocycles. The van der Waals surface area contributed by atoms with Crippen LogP contribution in [-0.4, -0.2) is 23.3 Å². The van der Waals surface area contributed by atoms with Crippen LogP contribution in [0.2, 0.25) is 0 Å². The highest BCUT2D eigenvalue weighted by atomic mass is 32.3. The monoisotopic (exact) mass is 316 g/mol. The highest BCUT2D eigenvalue weighted by Crippen LogP contribution is 2.55. The summed E-state index contributed by atoms with van der Waals surface area (Å²) in [4.78, 5) is 0. The number of rotatable bonds is 4. The van der Waals surface area contributed by atoms with Crippen molar-refractivity contribution in [2.24, 2.45) is 0 Å². The minimum absolute atomic E-state index is 1.75. The number of hydrogen-bond acceptors (Lipinski definition) is 2. The Morgan fingerprint density at radius 1 is 0.833 bits per heavy atom. The third-order valence-electron chi connectivity index (χ3n) is 1.59. The fourth-order valence-corrected chi connectivity index (χ4v) is 1.18. The Hall–Kier alpha value is -0.600. The van der Waals surface area contributed by atoms with E-state index in [1.54, 1.807) is 5.90 Å². The van der Waals surface area contributed by atoms with Crippen LogP contribution in [0.25, 0.3) is 0 Å². The van der Waals surface area contributed by atoms with Crippen LogP contribution in [0.5, 0.6) is 0 Å². The summed E-state index contributed by atoms with van der Waals surface area (Å²) in [6, 6.07) is 0. The van der Waals surface area contributed by atoms with Crippen LogP contribution in [-0.2, 0) is 23.5 Å². The Morgan fingerprint density at radius 3 is 1.39 bits per heavy atom. The van der Waals surface area contributed by atoms with Crippen LogP contribution >= 0.6 is 0 Å². The van der Waals surface area contributed by atoms with Crippen LogP contribution < -0.4 is 5.90 Å². The van der Waals surface area contributed by atoms with Crippen LogP contribution in [0.15, 0.2) is 0 Å². The summed E-state index contributed by atoms with van der Waals surface area (Å²) >= 11 is 0. The maximum absolute atomic E-state index is 12.5. The van der Waals surface area contributed by atoms with Gasteiger partial charge >= 0.3 is 33.8 Å². The van der Waals surface area contributed by atoms with E-state index in [2.05, 4.69) is 4.28 Å². The Morgan fingerprint density at radius 2 is 1.17 bits per heavy atom. The molecule has 0 fully saturated rings. The summed E-state index contributed by atoms with van der Waals surface area (Å²) in [5.74, 6) is -12.8. The zero-order chi connectivity index (χ0) is 15.2. The van der Waals surface area contributed by atoms with Gasteiger partial charge in [-0.05, 0) is 4.21 Å². The molecule has 0 aromatic carbocycles. The van der Waals surface area contributed by atoms with E-state index in [0.29, 0.717) is 0 Å². The van der Waals surface area contributed by atoms with Crippen LogP contribution in [0.1, 0.15) is 0 Å². The topological polar surface area (TPSA) is 73.8 Å². The van der Waals surface area contributed by atoms with Crippen LogP contribution in [0, 0.1) is 0 Å². The lowest BCUT2D eigenvalue weighted by atomic mass is 10.1. The van der Waals surface area contributed by atoms with Gasteiger partial charge in [0.25, 0.3) is 0 Å². The minimum atomic E-state index is -7.30. The number of halogens is 9. The smallest absolute Gasteiger partial charge is 0.189 e. The quantitative estimate of drug-likeness (QED) is 0.483. The first-order valence-electron chi connectivity index (χ1n) is 3.44. The lowest BCUT2D eigenvalue weighted by Crippen LogP contribution is -2.67. The largest absolute Gasteiger partial charge is 0.555 e. The molecule has 1 radical (unpaired) electrons. The Labute approximate surface area is 93.3 Å². The lowest BCUT2D eigenvalue weighted by molar-refractivity contribution is -0.639. The average molecular weight is 316 g/mol. The van der Waals surface area contributed by atoms with E-state index < -0.39 is 33.8 Å². The second-order valence-electron chi connectivity index (χ2n) is 2.74. The van der Waals surface area contributed by atoms with Gasteiger partial charge in [-0.1, -0.05) is 0 Å². The van der Waals surface area contributed by atoms with Gasteiger partial charge in [-0.2, -0.15) is 36.6 Å². The van der Waals surface area contributed by atoms with Gasteiger partial charge < -0.3 is 0 Å². The Balaban J connectivity index is 5.88. The van der Waals surface area contributed by atoms with Gasteiger partial charge in [-0.25, -0.2) is 0 Å². The molecule has 0 aliphatic heterocycles. The van der Waals surface area contributed by atoms with Gasteiger partial charge in [-0.15, -0.1) is 8.78 Å². The molecule has 109 valence electrons. The Bertz CT molecular complexity index is 365. The predicted octanol–water partition coefficient (Wildman–Crippen LogP) is 1.35. The van der Waals surface area contributed by atoms with Crippen LogP contribution in [0.4, 0.5) is 39.5 Å². The molecule has 0 heterocycles. The summed E-state index contributed by atoms with van der Waals surface area (Å²) in [7, 11) is -6.77. The summed E-state index contributed by atoms with van der Waals surface area (Å²) in [5.41, 5.74) is 0. The molecule has 3 N–H and O–H groups in total. The molecule has 14 heteroatoms. The molecular formula is C4H3F9NO3S+2. The van der Waals surface area contributed by atoms with Gasteiger partial charge in [0.05, 0.1) is 8.84 Å². The summed E-state index contributed by atoms with van der Waals surface area (Å²) < 4.78 is 132. The molecule has 0 saturated heterocycles. The first-order chi connectivity index (χ1) is 7.56. The molecule has 0 spiro atoms. The zero-order valence-corrected chi connectivity index (χ0v) is 8.56. The van der Waals surface area contributed by atoms with Gasteiger partial charge in [0.15, 0.2) is 0 Å². The summed E-state index contributed by atoms with van der Waals surface area (Å²) in [5, 5.41) is -6.83. The van der Waals surface area contributed by atoms with Crippen molar-refractivity contribution in [2.45, 2.75) is 23.3 Å². The SMILES string of the molecule is [NH3+]O[S+]([O])(=O)C(F)(F)C(F)(F)C(F)(F)C(F)(F)F. The van der Waals surface area contributed by atoms with Crippen molar-refractivity contribution >= 4 is 10.5 Å². The maximum atomic E-state index is 12.5. The molecule has 1 atom stereocenters. The molecule has 18 heavy (non-hydrogen) atoms. The molecule has 1 unspecified atom stereocenters. The zero-order valence-electron chi connectivity index (χ0n) is 7.74. The van der Waals surface area contributed by atoms with E-state index in [-0.39, 0.29) is 0 Å². The fraction of sp³-hybridized carbons (Fsp3) is 1.00. The summed E-state index contributed by atoms with van der Waals surface area (Å²) in [6.07, 6.45) is -7.10. The van der Waals surface area contributed by atoms with Gasteiger partial charge in [0.1, 0.15) is 0 Å². The Kier molecular flexibility index (Phi) is 4.07. The van der Waals surface area contributed by atoms with Crippen molar-refractivity contribution < 1.29 is 58.5 Å². The number of hydrogen-bond donors (Lipinski definition) is 1. The van der Waals surface area contributed by atoms with Crippen molar-refractivity contribution in [3.8, 4) is 0 Å². The average Bonchev–Trinajstić information content (AvgIpc) is 2.15. The van der Waals surface area contributed by atoms with E-state index in [1.165, 1.54) is 0 Å². The molecule has 0 aliphatic rings. The second-order valence-corrected chi connectivity index (χ2v) is 4.39. The normalized spacial score (nSPS) is 18.6. The van der Waals surface area contributed by atoms with E-state index in [4.69, 9.17) is 0 Å². The van der Waals surface area contributed by atoms with Crippen molar-refractivity contribution in [3.05, 3.63) is 0 Å². The van der Waals surface area contributed by atoms with E-state index in [1.807, 2.05) is 0 Å². The molecule has 0 aromatic rings. The maximum Gasteiger partial charge on any atom is 0.555 e. The molecule has 0 amide bonds. The molecule has 0 aromatic heterocycles. The van der Waals surface area contributed by atoms with Crippen molar-refractivity contribution in [3.63, 3.8) is 0 Å². The second kappa shape index (κ2) is 4.21. The van der Waals surface area contributed by atoms with Crippen LogP contribution in [0.3, 0.4) is 0 Å². The molecule has 0 bridgehead atoms. The molecule has 0 rings (SSSR count). The standard InChI is InChI=1S/C4H3F9NO3S/c5-1(6,3(9,10)11)2(7,8)4(12,13)18(15,16)17-14/h14H3/q+2. The highest BCUT2D eigenvalue weighted by molar-refractivity contribution is 7.93. The van der Waals surface area contributed by atoms with E-state index in [9.17, 15) is 48.3 Å².